The van der Waals surface area contributed by atoms with Gasteiger partial charge in [-0.2, -0.15) is 4.98 Å². The molecule has 0 saturated carbocycles. The topological polar surface area (TPSA) is 84.1 Å². The van der Waals surface area contributed by atoms with Gasteiger partial charge in [0.2, 0.25) is 0 Å². The van der Waals surface area contributed by atoms with Crippen molar-refractivity contribution in [3.63, 3.8) is 0 Å². The number of aromatic nitrogens is 2. The average molecular weight is 284 g/mol. The number of nitrogens with zero attached hydrogens (tertiary/aromatic N) is 2. The average Bonchev–Trinajstić information content (AvgIpc) is 2.86. The van der Waals surface area contributed by atoms with Crippen LogP contribution in [0.25, 0.3) is 5.65 Å². The van der Waals surface area contributed by atoms with Crippen LogP contribution in [-0.2, 0) is 6.61 Å². The van der Waals surface area contributed by atoms with Crippen LogP contribution in [0.2, 0.25) is 0 Å². The molecular weight excluding hydrogens is 272 g/mol. The first-order valence-corrected chi connectivity index (χ1v) is 6.27. The minimum absolute atomic E-state index is 0.0307. The molecule has 0 amide bonds. The van der Waals surface area contributed by atoms with Crippen molar-refractivity contribution in [3.05, 3.63) is 59.9 Å². The number of carboxylic acid groups (broad SMARTS) is 1. The minimum Gasteiger partial charge on any atom is -0.476 e. The molecule has 0 aliphatic carbocycles. The third-order valence-corrected chi connectivity index (χ3v) is 3.02. The highest BCUT2D eigenvalue weighted by molar-refractivity contribution is 5.89. The van der Waals surface area contributed by atoms with Gasteiger partial charge >= 0.3 is 5.97 Å². The van der Waals surface area contributed by atoms with Crippen molar-refractivity contribution in [2.45, 2.75) is 6.61 Å². The second kappa shape index (κ2) is 5.26. The van der Waals surface area contributed by atoms with Gasteiger partial charge in [0.1, 0.15) is 11.4 Å². The third-order valence-electron chi connectivity index (χ3n) is 3.02. The number of pyridine rings is 1. The largest absolute Gasteiger partial charge is 0.476 e. The molecule has 2 aromatic heterocycles. The van der Waals surface area contributed by atoms with E-state index in [9.17, 15) is 9.90 Å². The zero-order valence-corrected chi connectivity index (χ0v) is 10.9. The fourth-order valence-corrected chi connectivity index (χ4v) is 2.01. The number of ether oxygens (including phenoxy) is 1. The van der Waals surface area contributed by atoms with Crippen molar-refractivity contribution in [2.75, 3.05) is 0 Å². The molecule has 106 valence electrons. The van der Waals surface area contributed by atoms with E-state index < -0.39 is 5.97 Å². The van der Waals surface area contributed by atoms with Gasteiger partial charge in [-0.25, -0.2) is 4.79 Å². The maximum Gasteiger partial charge on any atom is 0.358 e. The Hall–Kier alpha value is -2.86. The summed E-state index contributed by atoms with van der Waals surface area (Å²) in [5.74, 6) is -0.626. The van der Waals surface area contributed by atoms with E-state index in [2.05, 4.69) is 4.98 Å². The van der Waals surface area contributed by atoms with Crippen LogP contribution in [0.4, 0.5) is 0 Å². The first kappa shape index (κ1) is 13.1. The Morgan fingerprint density at radius 2 is 1.95 bits per heavy atom. The molecule has 3 rings (SSSR count). The van der Waals surface area contributed by atoms with Gasteiger partial charge in [0.05, 0.1) is 6.61 Å². The molecule has 6 nitrogen and oxygen atoms in total. The van der Waals surface area contributed by atoms with E-state index >= 15 is 0 Å². The number of aromatic carboxylic acids is 1. The monoisotopic (exact) mass is 284 g/mol. The van der Waals surface area contributed by atoms with Crippen molar-refractivity contribution >= 4 is 11.6 Å². The third kappa shape index (κ3) is 2.44. The molecule has 0 aliphatic heterocycles. The highest BCUT2D eigenvalue weighted by atomic mass is 16.5. The lowest BCUT2D eigenvalue weighted by Crippen LogP contribution is -2.03. The molecule has 0 aliphatic rings. The number of aliphatic hydroxyl groups is 1. The zero-order chi connectivity index (χ0) is 14.8. The van der Waals surface area contributed by atoms with Crippen LogP contribution in [-0.4, -0.2) is 25.6 Å². The first-order chi connectivity index (χ1) is 10.2. The number of aliphatic hydroxyl groups excluding tert-OH is 1. The van der Waals surface area contributed by atoms with E-state index in [-0.39, 0.29) is 18.2 Å². The summed E-state index contributed by atoms with van der Waals surface area (Å²) < 4.78 is 7.02. The van der Waals surface area contributed by atoms with Crippen LogP contribution >= 0.6 is 0 Å². The summed E-state index contributed by atoms with van der Waals surface area (Å²) >= 11 is 0. The molecule has 1 aromatic carbocycles. The Bertz CT molecular complexity index is 793. The molecule has 0 saturated heterocycles. The Kier molecular flexibility index (Phi) is 3.29. The summed E-state index contributed by atoms with van der Waals surface area (Å²) in [7, 11) is 0. The van der Waals surface area contributed by atoms with Crippen molar-refractivity contribution in [3.8, 4) is 11.6 Å². The minimum atomic E-state index is -1.12. The Labute approximate surface area is 119 Å². The molecule has 0 radical (unpaired) electrons. The van der Waals surface area contributed by atoms with E-state index in [1.807, 2.05) is 0 Å². The van der Waals surface area contributed by atoms with Crippen molar-refractivity contribution in [2.24, 2.45) is 0 Å². The van der Waals surface area contributed by atoms with E-state index in [4.69, 9.17) is 9.84 Å². The van der Waals surface area contributed by atoms with Crippen LogP contribution in [0, 0.1) is 0 Å². The highest BCUT2D eigenvalue weighted by Crippen LogP contribution is 2.26. The number of imidazole rings is 1. The molecule has 0 spiro atoms. The highest BCUT2D eigenvalue weighted by Gasteiger charge is 2.20. The van der Waals surface area contributed by atoms with Crippen LogP contribution in [0.15, 0.2) is 48.7 Å². The van der Waals surface area contributed by atoms with Crippen molar-refractivity contribution < 1.29 is 19.7 Å². The number of carbonyl (C=O) groups is 1. The lowest BCUT2D eigenvalue weighted by Gasteiger charge is -2.04. The number of carboxylic acids is 1. The van der Waals surface area contributed by atoms with Gasteiger partial charge in [-0.15, -0.1) is 0 Å². The smallest absolute Gasteiger partial charge is 0.358 e. The molecular formula is C15H12N2O4. The number of hydrogen-bond donors (Lipinski definition) is 2. The Morgan fingerprint density at radius 3 is 2.62 bits per heavy atom. The molecule has 21 heavy (non-hydrogen) atoms. The summed E-state index contributed by atoms with van der Waals surface area (Å²) in [6.45, 7) is -0.0605. The SMILES string of the molecule is O=C(O)c1c(Oc2ccc(CO)cc2)nc2ccccn12. The van der Waals surface area contributed by atoms with Crippen molar-refractivity contribution in [1.82, 2.24) is 9.38 Å². The van der Waals surface area contributed by atoms with Crippen LogP contribution in [0.3, 0.4) is 0 Å². The molecule has 0 unspecified atom stereocenters. The summed E-state index contributed by atoms with van der Waals surface area (Å²) in [6.07, 6.45) is 1.62. The lowest BCUT2D eigenvalue weighted by molar-refractivity contribution is 0.0686. The molecule has 2 heterocycles. The van der Waals surface area contributed by atoms with Crippen LogP contribution in [0.5, 0.6) is 11.6 Å². The summed E-state index contributed by atoms with van der Waals surface area (Å²) in [5, 5.41) is 18.3. The van der Waals surface area contributed by atoms with E-state index in [1.54, 1.807) is 48.7 Å². The van der Waals surface area contributed by atoms with Gasteiger partial charge in [0.15, 0.2) is 5.69 Å². The predicted molar refractivity (Wildman–Crippen MR) is 74.6 cm³/mol. The number of benzene rings is 1. The lowest BCUT2D eigenvalue weighted by atomic mass is 10.2. The summed E-state index contributed by atoms with van der Waals surface area (Å²) in [4.78, 5) is 15.6. The Morgan fingerprint density at radius 1 is 1.19 bits per heavy atom. The van der Waals surface area contributed by atoms with Gasteiger partial charge in [-0.1, -0.05) is 18.2 Å². The quantitative estimate of drug-likeness (QED) is 0.768. The molecule has 6 heteroatoms. The fourth-order valence-electron chi connectivity index (χ4n) is 2.01. The normalized spacial score (nSPS) is 10.7. The molecule has 0 fully saturated rings. The summed E-state index contributed by atoms with van der Waals surface area (Å²) in [5.41, 5.74) is 1.21. The van der Waals surface area contributed by atoms with Gasteiger partial charge in [-0.05, 0) is 29.8 Å². The molecule has 0 bridgehead atoms. The van der Waals surface area contributed by atoms with Gasteiger partial charge in [0.25, 0.3) is 5.88 Å². The predicted octanol–water partition coefficient (Wildman–Crippen LogP) is 2.32. The van der Waals surface area contributed by atoms with Crippen LogP contribution in [0.1, 0.15) is 16.1 Å². The first-order valence-electron chi connectivity index (χ1n) is 6.27. The van der Waals surface area contributed by atoms with E-state index in [0.29, 0.717) is 11.4 Å². The van der Waals surface area contributed by atoms with Gasteiger partial charge < -0.3 is 14.9 Å². The second-order valence-electron chi connectivity index (χ2n) is 4.40. The molecule has 0 atom stereocenters. The maximum absolute atomic E-state index is 11.4. The fraction of sp³-hybridized carbons (Fsp3) is 0.0667. The molecule has 2 N–H and O–H groups in total. The van der Waals surface area contributed by atoms with Crippen molar-refractivity contribution in [1.29, 1.82) is 0 Å². The van der Waals surface area contributed by atoms with Gasteiger partial charge in [-0.3, -0.25) is 4.40 Å². The van der Waals surface area contributed by atoms with Crippen LogP contribution < -0.4 is 4.74 Å². The second-order valence-corrected chi connectivity index (χ2v) is 4.40. The van der Waals surface area contributed by atoms with Gasteiger partial charge in [0, 0.05) is 6.20 Å². The summed E-state index contributed by atoms with van der Waals surface area (Å²) in [6, 6.07) is 11.9. The Balaban J connectivity index is 2.02. The zero-order valence-electron chi connectivity index (χ0n) is 10.9. The maximum atomic E-state index is 11.4. The number of hydrogen-bond acceptors (Lipinski definition) is 4. The standard InChI is InChI=1S/C15H12N2O4/c18-9-10-4-6-11(7-5-10)21-14-13(15(19)20)17-8-2-1-3-12(17)16-14/h1-8,18H,9H2,(H,19,20). The van der Waals surface area contributed by atoms with E-state index in [0.717, 1.165) is 5.56 Å². The molecule has 3 aromatic rings. The number of fused-ring (bicyclic) bond motifs is 1. The number of rotatable bonds is 4. The van der Waals surface area contributed by atoms with E-state index in [1.165, 1.54) is 4.40 Å².